The van der Waals surface area contributed by atoms with Gasteiger partial charge in [0.15, 0.2) is 11.9 Å². The first kappa shape index (κ1) is 21.6. The number of fused-ring (bicyclic) bond motifs is 1. The van der Waals surface area contributed by atoms with Crippen molar-refractivity contribution >= 4 is 11.9 Å². The van der Waals surface area contributed by atoms with E-state index in [2.05, 4.69) is 4.74 Å². The first-order valence-corrected chi connectivity index (χ1v) is 8.70. The van der Waals surface area contributed by atoms with Crippen molar-refractivity contribution in [1.29, 1.82) is 0 Å². The number of methoxy groups -OCH3 is 1. The smallest absolute Gasteiger partial charge is 0.340 e. The maximum absolute atomic E-state index is 12.0. The van der Waals surface area contributed by atoms with E-state index in [-0.39, 0.29) is 5.57 Å². The van der Waals surface area contributed by atoms with Crippen LogP contribution in [0.25, 0.3) is 0 Å². The maximum Gasteiger partial charge on any atom is 0.340 e. The van der Waals surface area contributed by atoms with Crippen molar-refractivity contribution in [3.8, 4) is 0 Å². The molecule has 0 amide bonds. The number of carbonyl (C=O) groups is 2. The first-order valence-electron chi connectivity index (χ1n) is 8.70. The SMILES string of the molecule is COC(=O)C1=CO[C@@H](O[C@H]2O[C@@H](CO)[C@H](O)[C@@H](O)[C@@H]2O)[C@H]2[C@@H]1C=C[C@@]2(O)C(=O)O. The lowest BCUT2D eigenvalue weighted by Gasteiger charge is -2.43. The molecule has 1 aliphatic carbocycles. The van der Waals surface area contributed by atoms with Crippen LogP contribution < -0.4 is 0 Å². The quantitative estimate of drug-likeness (QED) is 0.194. The van der Waals surface area contributed by atoms with Crippen molar-refractivity contribution in [2.45, 2.75) is 42.6 Å². The number of ether oxygens (including phenoxy) is 4. The highest BCUT2D eigenvalue weighted by Gasteiger charge is 2.59. The molecule has 0 spiro atoms. The van der Waals surface area contributed by atoms with Crippen LogP contribution in [0.4, 0.5) is 0 Å². The third-order valence-electron chi connectivity index (χ3n) is 5.31. The largest absolute Gasteiger partial charge is 0.479 e. The predicted molar refractivity (Wildman–Crippen MR) is 88.5 cm³/mol. The summed E-state index contributed by atoms with van der Waals surface area (Å²) in [5.74, 6) is -4.75. The molecule has 0 bridgehead atoms. The van der Waals surface area contributed by atoms with Gasteiger partial charge in [-0.3, -0.25) is 0 Å². The number of hydrogen-bond donors (Lipinski definition) is 6. The Morgan fingerprint density at radius 1 is 1.17 bits per heavy atom. The molecule has 162 valence electrons. The average molecular weight is 418 g/mol. The van der Waals surface area contributed by atoms with Crippen molar-refractivity contribution < 1.29 is 59.2 Å². The van der Waals surface area contributed by atoms with Gasteiger partial charge >= 0.3 is 11.9 Å². The summed E-state index contributed by atoms with van der Waals surface area (Å²) >= 11 is 0. The Morgan fingerprint density at radius 3 is 2.45 bits per heavy atom. The number of hydrogen-bond acceptors (Lipinski definition) is 11. The minimum absolute atomic E-state index is 0.0559. The molecule has 1 fully saturated rings. The topological polar surface area (TPSA) is 192 Å². The molecule has 6 N–H and O–H groups in total. The number of aliphatic hydroxyl groups excluding tert-OH is 4. The molecule has 0 saturated carbocycles. The van der Waals surface area contributed by atoms with Gasteiger partial charge in [0, 0.05) is 5.92 Å². The summed E-state index contributed by atoms with van der Waals surface area (Å²) < 4.78 is 20.7. The third-order valence-corrected chi connectivity index (χ3v) is 5.31. The van der Waals surface area contributed by atoms with Crippen LogP contribution >= 0.6 is 0 Å². The van der Waals surface area contributed by atoms with E-state index in [0.29, 0.717) is 0 Å². The van der Waals surface area contributed by atoms with Crippen LogP contribution in [0.5, 0.6) is 0 Å². The molecule has 0 aromatic carbocycles. The molecule has 12 nitrogen and oxygen atoms in total. The zero-order valence-electron chi connectivity index (χ0n) is 15.2. The van der Waals surface area contributed by atoms with Crippen molar-refractivity contribution in [1.82, 2.24) is 0 Å². The molecule has 12 heteroatoms. The Morgan fingerprint density at radius 2 is 1.86 bits per heavy atom. The van der Waals surface area contributed by atoms with Gasteiger partial charge in [-0.2, -0.15) is 0 Å². The van der Waals surface area contributed by atoms with Gasteiger partial charge in [-0.25, -0.2) is 9.59 Å². The van der Waals surface area contributed by atoms with Crippen molar-refractivity contribution in [2.75, 3.05) is 13.7 Å². The lowest BCUT2D eigenvalue weighted by atomic mass is 9.79. The molecule has 3 rings (SSSR count). The number of aliphatic hydroxyl groups is 5. The fourth-order valence-corrected chi connectivity index (χ4v) is 3.68. The van der Waals surface area contributed by atoms with Crippen molar-refractivity contribution in [3.63, 3.8) is 0 Å². The van der Waals surface area contributed by atoms with Crippen LogP contribution in [0, 0.1) is 11.8 Å². The van der Waals surface area contributed by atoms with Crippen LogP contribution in [-0.4, -0.2) is 98.9 Å². The number of allylic oxidation sites excluding steroid dienone is 1. The van der Waals surface area contributed by atoms with E-state index in [1.54, 1.807) is 0 Å². The summed E-state index contributed by atoms with van der Waals surface area (Å²) in [5.41, 5.74) is -2.53. The molecule has 0 aromatic heterocycles. The number of rotatable bonds is 5. The lowest BCUT2D eigenvalue weighted by molar-refractivity contribution is -0.345. The fourth-order valence-electron chi connectivity index (χ4n) is 3.68. The summed E-state index contributed by atoms with van der Waals surface area (Å²) in [7, 11) is 1.12. The highest BCUT2D eigenvalue weighted by molar-refractivity contribution is 5.91. The Hall–Kier alpha value is -2.06. The Kier molecular flexibility index (Phi) is 5.96. The zero-order valence-corrected chi connectivity index (χ0v) is 15.2. The van der Waals surface area contributed by atoms with Crippen molar-refractivity contribution in [2.24, 2.45) is 11.8 Å². The predicted octanol–water partition coefficient (Wildman–Crippen LogP) is -3.17. The molecule has 0 radical (unpaired) electrons. The summed E-state index contributed by atoms with van der Waals surface area (Å²) in [6, 6.07) is 0. The van der Waals surface area contributed by atoms with Gasteiger partial charge < -0.3 is 49.6 Å². The van der Waals surface area contributed by atoms with E-state index < -0.39 is 73.0 Å². The monoisotopic (exact) mass is 418 g/mol. The second kappa shape index (κ2) is 7.99. The van der Waals surface area contributed by atoms with Gasteiger partial charge in [-0.1, -0.05) is 6.08 Å². The van der Waals surface area contributed by atoms with Gasteiger partial charge in [-0.15, -0.1) is 0 Å². The first-order chi connectivity index (χ1) is 13.7. The average Bonchev–Trinajstić information content (AvgIpc) is 3.07. The number of carbonyl (C=O) groups excluding carboxylic acids is 1. The highest BCUT2D eigenvalue weighted by Crippen LogP contribution is 2.46. The third kappa shape index (κ3) is 3.53. The van der Waals surface area contributed by atoms with Gasteiger partial charge in [0.05, 0.1) is 31.5 Å². The minimum Gasteiger partial charge on any atom is -0.479 e. The van der Waals surface area contributed by atoms with Crippen LogP contribution in [-0.2, 0) is 28.5 Å². The Balaban J connectivity index is 1.89. The van der Waals surface area contributed by atoms with Crippen LogP contribution in [0.15, 0.2) is 24.0 Å². The molecular weight excluding hydrogens is 396 g/mol. The zero-order chi connectivity index (χ0) is 21.5. The van der Waals surface area contributed by atoms with E-state index >= 15 is 0 Å². The van der Waals surface area contributed by atoms with Gasteiger partial charge in [0.2, 0.25) is 6.29 Å². The molecular formula is C17H22O12. The number of aliphatic carboxylic acids is 1. The second-order valence-corrected chi connectivity index (χ2v) is 6.94. The van der Waals surface area contributed by atoms with Crippen LogP contribution in [0.3, 0.4) is 0 Å². The Bertz CT molecular complexity index is 717. The molecule has 2 heterocycles. The van der Waals surface area contributed by atoms with Gasteiger partial charge in [0.25, 0.3) is 0 Å². The van der Waals surface area contributed by atoms with Crippen LogP contribution in [0.1, 0.15) is 0 Å². The summed E-state index contributed by atoms with van der Waals surface area (Å²) in [4.78, 5) is 23.7. The summed E-state index contributed by atoms with van der Waals surface area (Å²) in [5, 5.41) is 59.2. The van der Waals surface area contributed by atoms with E-state index in [4.69, 9.17) is 14.2 Å². The normalized spacial score (nSPS) is 43.9. The number of carboxylic acid groups (broad SMARTS) is 1. The maximum atomic E-state index is 12.0. The fraction of sp³-hybridized carbons (Fsp3) is 0.647. The second-order valence-electron chi connectivity index (χ2n) is 6.94. The van der Waals surface area contributed by atoms with E-state index in [1.165, 1.54) is 6.08 Å². The number of carboxylic acids is 1. The molecule has 9 atom stereocenters. The molecule has 2 aliphatic heterocycles. The van der Waals surface area contributed by atoms with Gasteiger partial charge in [-0.05, 0) is 6.08 Å². The standard InChI is InChI=1S/C17H22O12/c1-26-13(22)7-5-27-14(9-6(7)2-3-17(9,25)16(23)24)29-15-12(21)11(20)10(19)8(4-18)28-15/h2-3,5-6,8-12,14-15,18-21,25H,4H2,1H3,(H,23,24)/t6-,8+,9-,10+,11-,12+,14+,15-,17+/m1/s1. The molecule has 3 aliphatic rings. The van der Waals surface area contributed by atoms with E-state index in [9.17, 15) is 40.2 Å². The lowest BCUT2D eigenvalue weighted by Crippen LogP contribution is -2.61. The molecule has 0 aromatic rings. The molecule has 0 unspecified atom stereocenters. The van der Waals surface area contributed by atoms with E-state index in [1.807, 2.05) is 0 Å². The van der Waals surface area contributed by atoms with Crippen LogP contribution in [0.2, 0.25) is 0 Å². The van der Waals surface area contributed by atoms with Crippen molar-refractivity contribution in [3.05, 3.63) is 24.0 Å². The van der Waals surface area contributed by atoms with E-state index in [0.717, 1.165) is 19.4 Å². The number of esters is 1. The summed E-state index contributed by atoms with van der Waals surface area (Å²) in [6.45, 7) is -0.699. The summed E-state index contributed by atoms with van der Waals surface area (Å²) in [6.07, 6.45) is -6.29. The minimum atomic E-state index is -2.48. The molecule has 29 heavy (non-hydrogen) atoms. The highest BCUT2D eigenvalue weighted by atomic mass is 16.8. The Labute approximate surface area is 164 Å². The molecule has 1 saturated heterocycles. The van der Waals surface area contributed by atoms with Gasteiger partial charge in [0.1, 0.15) is 24.4 Å².